The van der Waals surface area contributed by atoms with Crippen molar-refractivity contribution in [1.82, 2.24) is 10.1 Å². The molecule has 5 heteroatoms. The zero-order valence-corrected chi connectivity index (χ0v) is 13.0. The Balaban J connectivity index is 2.41. The van der Waals surface area contributed by atoms with Gasteiger partial charge in [-0.15, -0.1) is 0 Å². The van der Waals surface area contributed by atoms with Crippen LogP contribution in [-0.2, 0) is 5.54 Å². The molecule has 2 aromatic rings. The maximum Gasteiger partial charge on any atom is 0.247 e. The maximum atomic E-state index is 6.26. The zero-order chi connectivity index (χ0) is 14.0. The molecule has 0 saturated carbocycles. The van der Waals surface area contributed by atoms with Crippen molar-refractivity contribution in [2.45, 2.75) is 39.2 Å². The monoisotopic (exact) mass is 323 g/mol. The summed E-state index contributed by atoms with van der Waals surface area (Å²) in [4.78, 5) is 4.45. The molecule has 0 atom stereocenters. The lowest BCUT2D eigenvalue weighted by Gasteiger charge is -2.20. The van der Waals surface area contributed by atoms with Crippen LogP contribution in [0.5, 0.6) is 0 Å². The second kappa shape index (κ2) is 5.43. The van der Waals surface area contributed by atoms with Gasteiger partial charge in [0.1, 0.15) is 0 Å². The fraction of sp³-hybridized carbons (Fsp3) is 0.429. The average molecular weight is 324 g/mol. The fourth-order valence-electron chi connectivity index (χ4n) is 1.89. The van der Waals surface area contributed by atoms with Crippen molar-refractivity contribution in [1.29, 1.82) is 0 Å². The van der Waals surface area contributed by atoms with E-state index in [1.54, 1.807) is 0 Å². The van der Waals surface area contributed by atoms with Gasteiger partial charge in [-0.2, -0.15) is 4.98 Å². The van der Waals surface area contributed by atoms with E-state index in [2.05, 4.69) is 26.1 Å². The summed E-state index contributed by atoms with van der Waals surface area (Å²) in [6.07, 6.45) is 1.53. The van der Waals surface area contributed by atoms with E-state index in [9.17, 15) is 0 Å². The second-order valence-corrected chi connectivity index (χ2v) is 5.62. The Labute approximate surface area is 121 Å². The average Bonchev–Trinajstić information content (AvgIpc) is 2.88. The van der Waals surface area contributed by atoms with Crippen LogP contribution in [0.1, 0.15) is 38.1 Å². The lowest BCUT2D eigenvalue weighted by molar-refractivity contribution is 0.268. The quantitative estimate of drug-likeness (QED) is 0.929. The molecule has 102 valence electrons. The molecular formula is C14H18BrN3O. The van der Waals surface area contributed by atoms with E-state index in [1.165, 1.54) is 5.56 Å². The molecule has 19 heavy (non-hydrogen) atoms. The van der Waals surface area contributed by atoms with E-state index in [-0.39, 0.29) is 0 Å². The number of nitrogens with two attached hydrogens (primary N) is 1. The molecule has 0 unspecified atom stereocenters. The van der Waals surface area contributed by atoms with Crippen molar-refractivity contribution < 1.29 is 4.52 Å². The minimum atomic E-state index is -0.539. The predicted molar refractivity (Wildman–Crippen MR) is 78.6 cm³/mol. The largest absolute Gasteiger partial charge is 0.337 e. The molecule has 0 aliphatic rings. The number of aryl methyl sites for hydroxylation is 1. The van der Waals surface area contributed by atoms with E-state index in [0.29, 0.717) is 11.7 Å². The summed E-state index contributed by atoms with van der Waals surface area (Å²) < 4.78 is 6.30. The normalized spacial score (nSPS) is 11.8. The third-order valence-electron chi connectivity index (χ3n) is 3.48. The number of nitrogens with zero attached hydrogens (tertiary/aromatic N) is 2. The van der Waals surface area contributed by atoms with Crippen molar-refractivity contribution in [3.63, 3.8) is 0 Å². The predicted octanol–water partition coefficient (Wildman–Crippen LogP) is 3.78. The molecule has 0 bridgehead atoms. The van der Waals surface area contributed by atoms with Crippen LogP contribution in [0.25, 0.3) is 11.4 Å². The highest BCUT2D eigenvalue weighted by Crippen LogP contribution is 2.30. The summed E-state index contributed by atoms with van der Waals surface area (Å²) in [6, 6.07) is 6.02. The summed E-state index contributed by atoms with van der Waals surface area (Å²) in [7, 11) is 0. The first-order valence-corrected chi connectivity index (χ1v) is 7.19. The van der Waals surface area contributed by atoms with Gasteiger partial charge in [-0.1, -0.05) is 41.0 Å². The van der Waals surface area contributed by atoms with Crippen molar-refractivity contribution in [3.05, 3.63) is 34.1 Å². The van der Waals surface area contributed by atoms with Gasteiger partial charge in [0.2, 0.25) is 11.7 Å². The summed E-state index contributed by atoms with van der Waals surface area (Å²) in [5.41, 5.74) is 7.81. The van der Waals surface area contributed by atoms with Crippen LogP contribution in [0.15, 0.2) is 27.2 Å². The lowest BCUT2D eigenvalue weighted by Crippen LogP contribution is -2.35. The van der Waals surface area contributed by atoms with Crippen LogP contribution in [0.3, 0.4) is 0 Å². The molecule has 1 aromatic carbocycles. The highest BCUT2D eigenvalue weighted by Gasteiger charge is 2.30. The highest BCUT2D eigenvalue weighted by atomic mass is 79.9. The van der Waals surface area contributed by atoms with Crippen LogP contribution in [0.4, 0.5) is 0 Å². The van der Waals surface area contributed by atoms with E-state index in [4.69, 9.17) is 10.3 Å². The number of rotatable bonds is 4. The van der Waals surface area contributed by atoms with Crippen molar-refractivity contribution in [3.8, 4) is 11.4 Å². The van der Waals surface area contributed by atoms with Gasteiger partial charge >= 0.3 is 0 Å². The van der Waals surface area contributed by atoms with E-state index >= 15 is 0 Å². The van der Waals surface area contributed by atoms with E-state index in [1.807, 2.05) is 39.0 Å². The SMILES string of the molecule is CCC(N)(CC)c1nc(-c2ccc(C)cc2Br)no1. The Morgan fingerprint density at radius 3 is 2.58 bits per heavy atom. The maximum absolute atomic E-state index is 6.26. The topological polar surface area (TPSA) is 64.9 Å². The molecule has 0 amide bonds. The summed E-state index contributed by atoms with van der Waals surface area (Å²) >= 11 is 3.52. The van der Waals surface area contributed by atoms with Gasteiger partial charge in [-0.05, 0) is 37.5 Å². The van der Waals surface area contributed by atoms with Gasteiger partial charge in [0.25, 0.3) is 0 Å². The number of hydrogen-bond acceptors (Lipinski definition) is 4. The third kappa shape index (κ3) is 2.72. The summed E-state index contributed by atoms with van der Waals surface area (Å²) in [5.74, 6) is 1.07. The van der Waals surface area contributed by atoms with Crippen molar-refractivity contribution >= 4 is 15.9 Å². The van der Waals surface area contributed by atoms with Gasteiger partial charge in [-0.25, -0.2) is 0 Å². The Morgan fingerprint density at radius 1 is 1.32 bits per heavy atom. The molecule has 0 fully saturated rings. The fourth-order valence-corrected chi connectivity index (χ4v) is 2.56. The molecular weight excluding hydrogens is 306 g/mol. The molecule has 4 nitrogen and oxygen atoms in total. The first kappa shape index (κ1) is 14.2. The van der Waals surface area contributed by atoms with Crippen molar-refractivity contribution in [2.24, 2.45) is 5.73 Å². The molecule has 0 saturated heterocycles. The third-order valence-corrected chi connectivity index (χ3v) is 4.14. The minimum absolute atomic E-state index is 0.500. The van der Waals surface area contributed by atoms with Gasteiger partial charge in [0, 0.05) is 10.0 Å². The molecule has 0 radical (unpaired) electrons. The molecule has 1 aromatic heterocycles. The second-order valence-electron chi connectivity index (χ2n) is 4.77. The Bertz CT molecular complexity index is 576. The first-order chi connectivity index (χ1) is 9.00. The lowest BCUT2D eigenvalue weighted by atomic mass is 9.94. The van der Waals surface area contributed by atoms with Gasteiger partial charge in [0.15, 0.2) is 0 Å². The van der Waals surface area contributed by atoms with Gasteiger partial charge in [-0.3, -0.25) is 0 Å². The molecule has 2 N–H and O–H groups in total. The Morgan fingerprint density at radius 2 is 2.00 bits per heavy atom. The molecule has 0 aliphatic carbocycles. The standard InChI is InChI=1S/C14H18BrN3O/c1-4-14(16,5-2)13-17-12(18-19-13)10-7-6-9(3)8-11(10)15/h6-8H,4-5,16H2,1-3H3. The molecule has 0 aliphatic heterocycles. The summed E-state index contributed by atoms with van der Waals surface area (Å²) in [6.45, 7) is 6.08. The van der Waals surface area contributed by atoms with E-state index in [0.717, 1.165) is 22.9 Å². The number of benzene rings is 1. The van der Waals surface area contributed by atoms with Crippen LogP contribution in [0.2, 0.25) is 0 Å². The number of halogens is 1. The zero-order valence-electron chi connectivity index (χ0n) is 11.4. The number of hydrogen-bond donors (Lipinski definition) is 1. The van der Waals surface area contributed by atoms with Gasteiger partial charge in [0.05, 0.1) is 5.54 Å². The van der Waals surface area contributed by atoms with Gasteiger partial charge < -0.3 is 10.3 Å². The minimum Gasteiger partial charge on any atom is -0.337 e. The Hall–Kier alpha value is -1.20. The van der Waals surface area contributed by atoms with Crippen LogP contribution >= 0.6 is 15.9 Å². The number of aromatic nitrogens is 2. The smallest absolute Gasteiger partial charge is 0.247 e. The van der Waals surface area contributed by atoms with Crippen molar-refractivity contribution in [2.75, 3.05) is 0 Å². The van der Waals surface area contributed by atoms with E-state index < -0.39 is 5.54 Å². The first-order valence-electron chi connectivity index (χ1n) is 6.39. The van der Waals surface area contributed by atoms with Crippen LogP contribution < -0.4 is 5.73 Å². The highest BCUT2D eigenvalue weighted by molar-refractivity contribution is 9.10. The summed E-state index contributed by atoms with van der Waals surface area (Å²) in [5, 5.41) is 4.04. The molecule has 0 spiro atoms. The molecule has 2 rings (SSSR count). The van der Waals surface area contributed by atoms with Crippen LogP contribution in [0, 0.1) is 6.92 Å². The Kier molecular flexibility index (Phi) is 4.06. The van der Waals surface area contributed by atoms with Crippen LogP contribution in [-0.4, -0.2) is 10.1 Å². The molecule has 1 heterocycles.